The third-order valence-corrected chi connectivity index (χ3v) is 7.24. The Morgan fingerprint density at radius 1 is 1.11 bits per heavy atom. The Balaban J connectivity index is 1.63. The molecule has 6 aromatic rings. The summed E-state index contributed by atoms with van der Waals surface area (Å²) < 4.78 is 7.39. The Bertz CT molecular complexity index is 1920. The molecule has 36 heavy (non-hydrogen) atoms. The molecule has 1 aliphatic heterocycles. The maximum atomic E-state index is 13.5. The second-order valence-corrected chi connectivity index (χ2v) is 10.5. The van der Waals surface area contributed by atoms with E-state index in [0.29, 0.717) is 12.2 Å². The number of fused-ring (bicyclic) bond motifs is 4. The van der Waals surface area contributed by atoms with Crippen molar-refractivity contribution in [1.82, 2.24) is 38.3 Å². The van der Waals surface area contributed by atoms with Gasteiger partial charge in [-0.05, 0) is 27.7 Å². The highest BCUT2D eigenvalue weighted by Gasteiger charge is 2.33. The quantitative estimate of drug-likeness (QED) is 0.402. The van der Waals surface area contributed by atoms with Crippen LogP contribution in [0.1, 0.15) is 38.1 Å². The summed E-state index contributed by atoms with van der Waals surface area (Å²) in [4.78, 5) is 26.3. The van der Waals surface area contributed by atoms with Crippen molar-refractivity contribution >= 4 is 27.6 Å². The van der Waals surface area contributed by atoms with Crippen LogP contribution in [-0.4, -0.2) is 49.0 Å². The van der Waals surface area contributed by atoms with Crippen molar-refractivity contribution in [1.29, 1.82) is 0 Å². The fraction of sp³-hybridized carbons (Fsp3) is 0.308. The number of nitrogens with one attached hydrogen (secondary N) is 1. The smallest absolute Gasteiger partial charge is 0.329 e. The van der Waals surface area contributed by atoms with Gasteiger partial charge in [-0.25, -0.2) is 9.78 Å². The van der Waals surface area contributed by atoms with Crippen LogP contribution in [-0.2, 0) is 13.6 Å². The van der Waals surface area contributed by atoms with E-state index >= 15 is 0 Å². The van der Waals surface area contributed by atoms with Crippen LogP contribution in [0.2, 0.25) is 0 Å². The largest absolute Gasteiger partial charge is 0.389 e. The summed E-state index contributed by atoms with van der Waals surface area (Å²) >= 11 is 0. The summed E-state index contributed by atoms with van der Waals surface area (Å²) in [5, 5.41) is 15.7. The minimum absolute atomic E-state index is 0.0780. The Morgan fingerprint density at radius 2 is 1.89 bits per heavy atom. The minimum atomic E-state index is -0.892. The van der Waals surface area contributed by atoms with Crippen LogP contribution in [0.4, 0.5) is 0 Å². The van der Waals surface area contributed by atoms with Gasteiger partial charge in [0, 0.05) is 47.9 Å². The lowest BCUT2D eigenvalue weighted by molar-refractivity contribution is 0.0577. The van der Waals surface area contributed by atoms with E-state index in [4.69, 9.17) is 4.98 Å². The average molecular weight is 483 g/mol. The summed E-state index contributed by atoms with van der Waals surface area (Å²) in [5.41, 5.74) is 8.11. The van der Waals surface area contributed by atoms with Gasteiger partial charge >= 0.3 is 5.69 Å². The number of hydrogen-bond donors (Lipinski definition) is 2. The number of nitrogens with zero attached hydrogens (tertiary/aromatic N) is 7. The second-order valence-electron chi connectivity index (χ2n) is 10.5. The monoisotopic (exact) mass is 482 g/mol. The lowest BCUT2D eigenvalue weighted by Gasteiger charge is -2.16. The zero-order valence-corrected chi connectivity index (χ0v) is 20.7. The Labute approximate surface area is 205 Å². The van der Waals surface area contributed by atoms with Gasteiger partial charge in [0.25, 0.3) is 0 Å². The van der Waals surface area contributed by atoms with Crippen LogP contribution in [0.25, 0.3) is 50.0 Å². The van der Waals surface area contributed by atoms with Gasteiger partial charge in [-0.2, -0.15) is 5.10 Å². The molecule has 0 saturated heterocycles. The van der Waals surface area contributed by atoms with Gasteiger partial charge in [0.05, 0.1) is 70.1 Å². The minimum Gasteiger partial charge on any atom is -0.389 e. The van der Waals surface area contributed by atoms with Gasteiger partial charge in [0.2, 0.25) is 0 Å². The number of pyridine rings is 1. The average Bonchev–Trinajstić information content (AvgIpc) is 3.53. The molecule has 7 rings (SSSR count). The summed E-state index contributed by atoms with van der Waals surface area (Å²) in [7, 11) is 1.79. The van der Waals surface area contributed by atoms with E-state index in [1.807, 2.05) is 30.1 Å². The summed E-state index contributed by atoms with van der Waals surface area (Å²) in [6.45, 7) is 7.93. The molecule has 0 amide bonds. The Kier molecular flexibility index (Phi) is 3.95. The highest BCUT2D eigenvalue weighted by molar-refractivity contribution is 6.15. The van der Waals surface area contributed by atoms with Crippen LogP contribution in [0.15, 0.2) is 42.0 Å². The van der Waals surface area contributed by atoms with Crippen molar-refractivity contribution in [3.8, 4) is 22.4 Å². The fourth-order valence-electron chi connectivity index (χ4n) is 5.76. The summed E-state index contributed by atoms with van der Waals surface area (Å²) in [6, 6.07) is -0.213. The molecule has 2 N–H and O–H groups in total. The van der Waals surface area contributed by atoms with Crippen molar-refractivity contribution in [3.63, 3.8) is 0 Å². The van der Waals surface area contributed by atoms with Crippen molar-refractivity contribution in [2.24, 2.45) is 7.05 Å². The number of aliphatic hydroxyl groups is 1. The molecular weight excluding hydrogens is 456 g/mol. The van der Waals surface area contributed by atoms with Crippen LogP contribution in [0.3, 0.4) is 0 Å². The molecule has 6 aromatic heterocycles. The molecule has 0 aliphatic carbocycles. The summed E-state index contributed by atoms with van der Waals surface area (Å²) in [5.74, 6) is 0. The van der Waals surface area contributed by atoms with Crippen LogP contribution < -0.4 is 5.69 Å². The van der Waals surface area contributed by atoms with E-state index in [1.54, 1.807) is 42.5 Å². The Hall–Kier alpha value is -4.18. The molecule has 1 atom stereocenters. The van der Waals surface area contributed by atoms with Gasteiger partial charge in [-0.1, -0.05) is 0 Å². The van der Waals surface area contributed by atoms with E-state index in [1.165, 1.54) is 0 Å². The van der Waals surface area contributed by atoms with Crippen LogP contribution >= 0.6 is 0 Å². The zero-order chi connectivity index (χ0) is 25.1. The highest BCUT2D eigenvalue weighted by Crippen LogP contribution is 2.48. The lowest BCUT2D eigenvalue weighted by atomic mass is 9.97. The number of rotatable bonds is 3. The fourth-order valence-corrected chi connectivity index (χ4v) is 5.76. The second kappa shape index (κ2) is 6.73. The van der Waals surface area contributed by atoms with Gasteiger partial charge < -0.3 is 14.5 Å². The van der Waals surface area contributed by atoms with Crippen molar-refractivity contribution in [2.75, 3.05) is 0 Å². The van der Waals surface area contributed by atoms with E-state index in [2.05, 4.69) is 32.6 Å². The van der Waals surface area contributed by atoms with Gasteiger partial charge in [-0.3, -0.25) is 18.8 Å². The molecule has 0 radical (unpaired) electrons. The first-order valence-corrected chi connectivity index (χ1v) is 12.0. The standard InChI is InChI=1S/C26H26N8O2/c1-13-9-32-11-16-19(17(32)7-27-13)14(2)34-23-18(31(5)25(34)35)8-28-24-21(23)20(16)22(30-24)15-6-29-33(10-15)12-26(3,4)36/h6-11,14,36H,12H2,1-5H3,(H,28,30). The SMILES string of the molecule is Cc1cn2cc3c(c2cn1)C(C)n1c(=O)n(C)c2cnc4[nH]c(-c5cnn(CC(C)(C)O)c5)c-3c4c21. The molecule has 1 aliphatic rings. The van der Waals surface area contributed by atoms with Crippen molar-refractivity contribution < 1.29 is 5.11 Å². The number of aromatic nitrogens is 8. The molecular formula is C26H26N8O2. The summed E-state index contributed by atoms with van der Waals surface area (Å²) in [6.07, 6.45) is 11.5. The maximum Gasteiger partial charge on any atom is 0.329 e. The maximum absolute atomic E-state index is 13.5. The highest BCUT2D eigenvalue weighted by atomic mass is 16.3. The number of imidazole rings is 1. The number of aryl methyl sites for hydroxylation is 2. The molecule has 10 heteroatoms. The predicted molar refractivity (Wildman–Crippen MR) is 137 cm³/mol. The molecule has 0 spiro atoms. The molecule has 7 heterocycles. The number of aromatic amines is 1. The molecule has 10 nitrogen and oxygen atoms in total. The van der Waals surface area contributed by atoms with Crippen LogP contribution in [0, 0.1) is 6.92 Å². The predicted octanol–water partition coefficient (Wildman–Crippen LogP) is 3.40. The van der Waals surface area contributed by atoms with Crippen LogP contribution in [0.5, 0.6) is 0 Å². The number of hydrogen-bond acceptors (Lipinski definition) is 5. The third-order valence-electron chi connectivity index (χ3n) is 7.24. The molecule has 0 fully saturated rings. The Morgan fingerprint density at radius 3 is 2.67 bits per heavy atom. The first-order chi connectivity index (χ1) is 17.1. The lowest BCUT2D eigenvalue weighted by Crippen LogP contribution is -2.26. The molecule has 0 aromatic carbocycles. The van der Waals surface area contributed by atoms with Gasteiger partial charge in [0.1, 0.15) is 5.65 Å². The van der Waals surface area contributed by atoms with Gasteiger partial charge in [-0.15, -0.1) is 0 Å². The van der Waals surface area contributed by atoms with Crippen molar-refractivity contribution in [3.05, 3.63) is 58.9 Å². The number of H-pyrrole nitrogens is 1. The third kappa shape index (κ3) is 2.70. The molecule has 0 bridgehead atoms. The normalized spacial score (nSPS) is 15.4. The van der Waals surface area contributed by atoms with Crippen molar-refractivity contribution in [2.45, 2.75) is 45.9 Å². The molecule has 182 valence electrons. The topological polar surface area (TPSA) is 111 Å². The van der Waals surface area contributed by atoms with E-state index in [0.717, 1.165) is 55.6 Å². The van der Waals surface area contributed by atoms with E-state index < -0.39 is 5.60 Å². The zero-order valence-electron chi connectivity index (χ0n) is 20.7. The molecule has 0 saturated carbocycles. The van der Waals surface area contributed by atoms with E-state index in [-0.39, 0.29) is 11.7 Å². The van der Waals surface area contributed by atoms with Gasteiger partial charge in [0.15, 0.2) is 0 Å². The molecule has 1 unspecified atom stereocenters. The first-order valence-electron chi connectivity index (χ1n) is 12.0. The first kappa shape index (κ1) is 21.1. The van der Waals surface area contributed by atoms with E-state index in [9.17, 15) is 9.90 Å².